The summed E-state index contributed by atoms with van der Waals surface area (Å²) in [4.78, 5) is 29.7. The van der Waals surface area contributed by atoms with E-state index >= 15 is 0 Å². The summed E-state index contributed by atoms with van der Waals surface area (Å²) in [6.45, 7) is 1.91. The summed E-state index contributed by atoms with van der Waals surface area (Å²) < 4.78 is 21.6. The van der Waals surface area contributed by atoms with Crippen LogP contribution in [0.3, 0.4) is 0 Å². The van der Waals surface area contributed by atoms with Crippen LogP contribution < -0.4 is 24.3 Å². The van der Waals surface area contributed by atoms with Crippen LogP contribution in [0.4, 0.5) is 0 Å². The summed E-state index contributed by atoms with van der Waals surface area (Å²) in [5.74, 6) is 2.20. The lowest BCUT2D eigenvalue weighted by atomic mass is 9.95. The number of benzene rings is 2. The number of nitrogens with one attached hydrogen (secondary N) is 1. The molecule has 3 aromatic rings. The van der Waals surface area contributed by atoms with Crippen molar-refractivity contribution >= 4 is 11.8 Å². The van der Waals surface area contributed by atoms with Gasteiger partial charge in [-0.25, -0.2) is 0 Å². The average Bonchev–Trinajstić information content (AvgIpc) is 3.65. The summed E-state index contributed by atoms with van der Waals surface area (Å²) >= 11 is 0. The summed E-state index contributed by atoms with van der Waals surface area (Å²) in [6, 6.07) is 10.2. The molecule has 1 saturated carbocycles. The standard InChI is InChI=1S/C28H34N6O6/c1-18(28(36)29-21-7-5-4-6-8-21)33(15-19-9-11-23-25(13-19)40-17-39-23)26(35)16-34-31-27(30-32-34)20-10-12-22(37-2)24(14-20)38-3/h9-14,18,21H,4-8,15-17H2,1-3H3,(H,29,36)/t18-/m0/s1. The van der Waals surface area contributed by atoms with Gasteiger partial charge in [0.2, 0.25) is 24.4 Å². The van der Waals surface area contributed by atoms with Crippen LogP contribution >= 0.6 is 0 Å². The van der Waals surface area contributed by atoms with Gasteiger partial charge in [0.05, 0.1) is 14.2 Å². The van der Waals surface area contributed by atoms with Gasteiger partial charge in [-0.05, 0) is 60.9 Å². The Balaban J connectivity index is 1.33. The normalized spacial score (nSPS) is 15.4. The molecule has 0 unspecified atom stereocenters. The van der Waals surface area contributed by atoms with Crippen LogP contribution in [-0.2, 0) is 22.7 Å². The van der Waals surface area contributed by atoms with E-state index in [1.807, 2.05) is 18.2 Å². The second-order valence-electron chi connectivity index (χ2n) is 9.94. The molecule has 1 aliphatic carbocycles. The molecule has 1 atom stereocenters. The molecule has 1 N–H and O–H groups in total. The van der Waals surface area contributed by atoms with Crippen molar-refractivity contribution in [1.29, 1.82) is 0 Å². The zero-order chi connectivity index (χ0) is 28.1. The highest BCUT2D eigenvalue weighted by Crippen LogP contribution is 2.33. The number of methoxy groups -OCH3 is 2. The topological polar surface area (TPSA) is 130 Å². The molecule has 2 aromatic carbocycles. The fourth-order valence-electron chi connectivity index (χ4n) is 5.00. The van der Waals surface area contributed by atoms with Crippen LogP contribution in [-0.4, -0.2) is 70.0 Å². The molecular formula is C28H34N6O6. The predicted octanol–water partition coefficient (Wildman–Crippen LogP) is 2.95. The molecule has 5 rings (SSSR count). The quantitative estimate of drug-likeness (QED) is 0.405. The van der Waals surface area contributed by atoms with Crippen LogP contribution in [0.25, 0.3) is 11.4 Å². The molecule has 12 heteroatoms. The number of fused-ring (bicyclic) bond motifs is 1. The highest BCUT2D eigenvalue weighted by atomic mass is 16.7. The third-order valence-electron chi connectivity index (χ3n) is 7.28. The van der Waals surface area contributed by atoms with Crippen molar-refractivity contribution in [3.8, 4) is 34.4 Å². The number of hydrogen-bond acceptors (Lipinski definition) is 9. The van der Waals surface area contributed by atoms with Gasteiger partial charge in [0, 0.05) is 18.2 Å². The molecule has 212 valence electrons. The lowest BCUT2D eigenvalue weighted by Crippen LogP contribution is -2.51. The van der Waals surface area contributed by atoms with Gasteiger partial charge in [-0.3, -0.25) is 9.59 Å². The number of ether oxygens (including phenoxy) is 4. The molecule has 2 amide bonds. The summed E-state index contributed by atoms with van der Waals surface area (Å²) in [7, 11) is 3.11. The number of rotatable bonds is 10. The van der Waals surface area contributed by atoms with Crippen molar-refractivity contribution in [2.75, 3.05) is 21.0 Å². The van der Waals surface area contributed by atoms with Crippen LogP contribution in [0.5, 0.6) is 23.0 Å². The predicted molar refractivity (Wildman–Crippen MR) is 144 cm³/mol. The minimum atomic E-state index is -0.714. The van der Waals surface area contributed by atoms with Crippen LogP contribution in [0.1, 0.15) is 44.6 Å². The molecule has 1 aromatic heterocycles. The van der Waals surface area contributed by atoms with Crippen LogP contribution in [0, 0.1) is 0 Å². The third kappa shape index (κ3) is 6.11. The number of aromatic nitrogens is 4. The Morgan fingerprint density at radius 2 is 1.82 bits per heavy atom. The lowest BCUT2D eigenvalue weighted by molar-refractivity contribution is -0.141. The number of tetrazole rings is 1. The van der Waals surface area contributed by atoms with E-state index in [4.69, 9.17) is 18.9 Å². The highest BCUT2D eigenvalue weighted by molar-refractivity contribution is 5.87. The van der Waals surface area contributed by atoms with Crippen molar-refractivity contribution in [2.24, 2.45) is 0 Å². The maximum Gasteiger partial charge on any atom is 0.247 e. The van der Waals surface area contributed by atoms with Crippen molar-refractivity contribution < 1.29 is 28.5 Å². The van der Waals surface area contributed by atoms with Gasteiger partial charge in [-0.1, -0.05) is 25.3 Å². The zero-order valence-electron chi connectivity index (χ0n) is 23.0. The maximum absolute atomic E-state index is 13.6. The minimum absolute atomic E-state index is 0.132. The van der Waals surface area contributed by atoms with E-state index in [-0.39, 0.29) is 37.7 Å². The molecule has 0 bridgehead atoms. The molecule has 0 saturated heterocycles. The van der Waals surface area contributed by atoms with Crippen molar-refractivity contribution in [1.82, 2.24) is 30.4 Å². The Morgan fingerprint density at radius 3 is 2.60 bits per heavy atom. The second kappa shape index (κ2) is 12.2. The Bertz CT molecular complexity index is 1350. The highest BCUT2D eigenvalue weighted by Gasteiger charge is 2.29. The van der Waals surface area contributed by atoms with E-state index in [1.165, 1.54) is 16.1 Å². The number of carbonyl (C=O) groups excluding carboxylic acids is 2. The molecule has 2 heterocycles. The Kier molecular flexibility index (Phi) is 8.32. The monoisotopic (exact) mass is 550 g/mol. The zero-order valence-corrected chi connectivity index (χ0v) is 23.0. The SMILES string of the molecule is COc1ccc(-c2nnn(CC(=O)N(Cc3ccc4c(c3)OCO4)[C@@H](C)C(=O)NC3CCCCC3)n2)cc1OC. The Hall–Kier alpha value is -4.35. The van der Waals surface area contributed by atoms with Gasteiger partial charge in [0.1, 0.15) is 12.6 Å². The van der Waals surface area contributed by atoms with Crippen molar-refractivity contribution in [3.05, 3.63) is 42.0 Å². The average molecular weight is 551 g/mol. The fourth-order valence-corrected chi connectivity index (χ4v) is 5.00. The molecule has 1 fully saturated rings. The van der Waals surface area contributed by atoms with E-state index < -0.39 is 6.04 Å². The third-order valence-corrected chi connectivity index (χ3v) is 7.28. The van der Waals surface area contributed by atoms with E-state index in [0.717, 1.165) is 31.2 Å². The van der Waals surface area contributed by atoms with Crippen molar-refractivity contribution in [2.45, 2.75) is 64.2 Å². The molecule has 40 heavy (non-hydrogen) atoms. The summed E-state index contributed by atoms with van der Waals surface area (Å²) in [6.07, 6.45) is 5.29. The number of carbonyl (C=O) groups is 2. The lowest BCUT2D eigenvalue weighted by Gasteiger charge is -2.31. The summed E-state index contributed by atoms with van der Waals surface area (Å²) in [5, 5.41) is 15.7. The maximum atomic E-state index is 13.6. The first-order chi connectivity index (χ1) is 19.4. The number of hydrogen-bond donors (Lipinski definition) is 1. The van der Waals surface area contributed by atoms with Gasteiger partial charge >= 0.3 is 0 Å². The fraction of sp³-hybridized carbons (Fsp3) is 0.464. The van der Waals surface area contributed by atoms with Gasteiger partial charge in [0.15, 0.2) is 23.0 Å². The van der Waals surface area contributed by atoms with E-state index in [9.17, 15) is 9.59 Å². The molecule has 2 aliphatic rings. The number of amides is 2. The molecule has 12 nitrogen and oxygen atoms in total. The summed E-state index contributed by atoms with van der Waals surface area (Å²) in [5.41, 5.74) is 1.47. The molecule has 0 spiro atoms. The van der Waals surface area contributed by atoms with E-state index in [2.05, 4.69) is 20.7 Å². The van der Waals surface area contributed by atoms with Crippen molar-refractivity contribution in [3.63, 3.8) is 0 Å². The first-order valence-electron chi connectivity index (χ1n) is 13.4. The van der Waals surface area contributed by atoms with Gasteiger partial charge < -0.3 is 29.2 Å². The van der Waals surface area contributed by atoms with Crippen LogP contribution in [0.15, 0.2) is 36.4 Å². The Morgan fingerprint density at radius 1 is 1.05 bits per heavy atom. The molecular weight excluding hydrogens is 516 g/mol. The van der Waals surface area contributed by atoms with E-state index in [0.29, 0.717) is 34.4 Å². The second-order valence-corrected chi connectivity index (χ2v) is 9.94. The first-order valence-corrected chi connectivity index (χ1v) is 13.4. The first kappa shape index (κ1) is 27.2. The van der Waals surface area contributed by atoms with Gasteiger partial charge in [-0.2, -0.15) is 4.80 Å². The van der Waals surface area contributed by atoms with E-state index in [1.54, 1.807) is 39.3 Å². The minimum Gasteiger partial charge on any atom is -0.493 e. The molecule has 1 aliphatic heterocycles. The van der Waals surface area contributed by atoms with Gasteiger partial charge in [0.25, 0.3) is 0 Å². The largest absolute Gasteiger partial charge is 0.493 e. The van der Waals surface area contributed by atoms with Gasteiger partial charge in [-0.15, -0.1) is 10.2 Å². The van der Waals surface area contributed by atoms with Crippen LogP contribution in [0.2, 0.25) is 0 Å². The Labute approximate surface area is 232 Å². The number of nitrogens with zero attached hydrogens (tertiary/aromatic N) is 5. The molecule has 0 radical (unpaired) electrons. The smallest absolute Gasteiger partial charge is 0.247 e.